The molecule has 1 aromatic rings. The van der Waals surface area contributed by atoms with Crippen LogP contribution in [0.2, 0.25) is 0 Å². The summed E-state index contributed by atoms with van der Waals surface area (Å²) in [7, 11) is 1.23. The van der Waals surface area contributed by atoms with Gasteiger partial charge in [-0.2, -0.15) is 0 Å². The maximum atomic E-state index is 11.3. The Labute approximate surface area is 148 Å². The molecule has 10 nitrogen and oxygen atoms in total. The summed E-state index contributed by atoms with van der Waals surface area (Å²) in [6.45, 7) is -0.0645. The fraction of sp³-hybridized carbons (Fsp3) is 0.400. The van der Waals surface area contributed by atoms with Crippen LogP contribution in [0.4, 0.5) is 4.79 Å². The van der Waals surface area contributed by atoms with Gasteiger partial charge in [0.05, 0.1) is 5.56 Å². The smallest absolute Gasteiger partial charge is 0.335 e. The van der Waals surface area contributed by atoms with Crippen LogP contribution >= 0.6 is 0 Å². The van der Waals surface area contributed by atoms with Crippen molar-refractivity contribution in [1.82, 2.24) is 0 Å². The maximum absolute atomic E-state index is 11.3. The van der Waals surface area contributed by atoms with Crippen LogP contribution in [0.25, 0.3) is 0 Å². The van der Waals surface area contributed by atoms with Crippen LogP contribution in [0.15, 0.2) is 18.2 Å². The van der Waals surface area contributed by atoms with Gasteiger partial charge in [-0.05, 0) is 17.7 Å². The third-order valence-electron chi connectivity index (χ3n) is 3.70. The fourth-order valence-corrected chi connectivity index (χ4v) is 2.35. The Morgan fingerprint density at radius 1 is 1.19 bits per heavy atom. The van der Waals surface area contributed by atoms with Crippen molar-refractivity contribution >= 4 is 26.0 Å². The van der Waals surface area contributed by atoms with E-state index in [1.165, 1.54) is 26.0 Å². The van der Waals surface area contributed by atoms with E-state index in [0.29, 0.717) is 11.8 Å². The first-order valence-electron chi connectivity index (χ1n) is 7.55. The number of hydrogen-bond acceptors (Lipinski definition) is 9. The van der Waals surface area contributed by atoms with Gasteiger partial charge in [0.25, 0.3) is 0 Å². The summed E-state index contributed by atoms with van der Waals surface area (Å²) in [5, 5.41) is 38.3. The summed E-state index contributed by atoms with van der Waals surface area (Å²) in [5.41, 5.74) is 0.525. The lowest BCUT2D eigenvalue weighted by atomic mass is 9.99. The summed E-state index contributed by atoms with van der Waals surface area (Å²) in [4.78, 5) is 33.2. The second-order valence-corrected chi connectivity index (χ2v) is 5.62. The van der Waals surface area contributed by atoms with Crippen LogP contribution < -0.4 is 4.74 Å². The molecule has 26 heavy (non-hydrogen) atoms. The van der Waals surface area contributed by atoms with Crippen LogP contribution in [0.5, 0.6) is 5.75 Å². The molecular formula is C15H17BO10. The highest BCUT2D eigenvalue weighted by atomic mass is 16.7. The molecule has 0 saturated carbocycles. The first-order valence-corrected chi connectivity index (χ1v) is 7.55. The number of rotatable bonds is 6. The Bertz CT molecular complexity index is 693. The lowest BCUT2D eigenvalue weighted by molar-refractivity contribution is -0.271. The summed E-state index contributed by atoms with van der Waals surface area (Å²) in [6.07, 6.45) is -8.42. The fourth-order valence-electron chi connectivity index (χ4n) is 2.35. The van der Waals surface area contributed by atoms with Gasteiger partial charge in [0.2, 0.25) is 20.0 Å². The predicted molar refractivity (Wildman–Crippen MR) is 85.5 cm³/mol. The lowest BCUT2D eigenvalue weighted by Crippen LogP contribution is -2.61. The van der Waals surface area contributed by atoms with Crippen molar-refractivity contribution in [2.45, 2.75) is 37.3 Å². The van der Waals surface area contributed by atoms with E-state index in [1.807, 2.05) is 0 Å². The number of aliphatic hydroxyl groups excluding tert-OH is 3. The van der Waals surface area contributed by atoms with Gasteiger partial charge in [-0.25, -0.2) is 4.79 Å². The van der Waals surface area contributed by atoms with Crippen molar-refractivity contribution < 1.29 is 49.0 Å². The molecule has 1 saturated heterocycles. The molecule has 5 atom stereocenters. The number of aliphatic hydroxyl groups is 3. The molecule has 2 rings (SSSR count). The highest BCUT2D eigenvalue weighted by molar-refractivity contribution is 6.55. The zero-order chi connectivity index (χ0) is 19.4. The average molecular weight is 368 g/mol. The second kappa shape index (κ2) is 8.28. The molecule has 0 unspecified atom stereocenters. The zero-order valence-electron chi connectivity index (χ0n) is 13.6. The molecule has 4 N–H and O–H groups in total. The van der Waals surface area contributed by atoms with Crippen molar-refractivity contribution in [3.8, 4) is 5.75 Å². The molecule has 0 amide bonds. The Kier molecular flexibility index (Phi) is 6.32. The van der Waals surface area contributed by atoms with Gasteiger partial charge in [0.1, 0.15) is 30.7 Å². The van der Waals surface area contributed by atoms with Crippen LogP contribution in [0, 0.1) is 0 Å². The van der Waals surface area contributed by atoms with E-state index >= 15 is 0 Å². The summed E-state index contributed by atoms with van der Waals surface area (Å²) >= 11 is 0. The third kappa shape index (κ3) is 4.38. The Morgan fingerprint density at radius 2 is 1.88 bits per heavy atom. The number of carbonyl (C=O) groups excluding carboxylic acids is 2. The van der Waals surface area contributed by atoms with Crippen LogP contribution in [0.1, 0.15) is 15.9 Å². The number of carbonyl (C=O) groups is 3. The number of aliphatic carboxylic acids is 1. The molecule has 1 heterocycles. The first kappa shape index (κ1) is 19.9. The first-order chi connectivity index (χ1) is 12.2. The monoisotopic (exact) mass is 368 g/mol. The van der Waals surface area contributed by atoms with Gasteiger partial charge < -0.3 is 34.6 Å². The number of aldehydes is 1. The van der Waals surface area contributed by atoms with Gasteiger partial charge in [0, 0.05) is 0 Å². The Morgan fingerprint density at radius 3 is 2.46 bits per heavy atom. The van der Waals surface area contributed by atoms with Crippen LogP contribution in [0.3, 0.4) is 0 Å². The van der Waals surface area contributed by atoms with Crippen LogP contribution in [-0.4, -0.2) is 77.1 Å². The zero-order valence-corrected chi connectivity index (χ0v) is 13.6. The molecule has 0 spiro atoms. The average Bonchev–Trinajstić information content (AvgIpc) is 2.60. The molecule has 1 aliphatic rings. The molecule has 11 heteroatoms. The van der Waals surface area contributed by atoms with E-state index in [9.17, 15) is 29.7 Å². The molecule has 0 radical (unpaired) electrons. The number of carboxylic acid groups (broad SMARTS) is 1. The highest BCUT2D eigenvalue weighted by Gasteiger charge is 2.48. The molecule has 140 valence electrons. The van der Waals surface area contributed by atoms with E-state index < -0.39 is 42.5 Å². The molecule has 0 bridgehead atoms. The van der Waals surface area contributed by atoms with Crippen LogP contribution in [-0.2, 0) is 20.9 Å². The lowest BCUT2D eigenvalue weighted by Gasteiger charge is -2.38. The van der Waals surface area contributed by atoms with Crippen molar-refractivity contribution in [3.05, 3.63) is 29.3 Å². The highest BCUT2D eigenvalue weighted by Crippen LogP contribution is 2.27. The minimum atomic E-state index is -1.85. The van der Waals surface area contributed by atoms with Gasteiger partial charge in [-0.3, -0.25) is 9.59 Å². The number of ether oxygens (including phenoxy) is 3. The molecule has 1 aromatic carbocycles. The van der Waals surface area contributed by atoms with Crippen molar-refractivity contribution in [2.24, 2.45) is 0 Å². The summed E-state index contributed by atoms with van der Waals surface area (Å²) in [5.74, 6) is -2.10. The van der Waals surface area contributed by atoms with E-state index in [4.69, 9.17) is 19.3 Å². The number of benzene rings is 1. The van der Waals surface area contributed by atoms with E-state index in [1.54, 1.807) is 0 Å². The van der Waals surface area contributed by atoms with Crippen molar-refractivity contribution in [1.29, 1.82) is 0 Å². The largest absolute Gasteiger partial charge is 0.479 e. The van der Waals surface area contributed by atoms with Gasteiger partial charge in [-0.1, -0.05) is 6.07 Å². The van der Waals surface area contributed by atoms with E-state index in [-0.39, 0.29) is 17.9 Å². The van der Waals surface area contributed by atoms with E-state index in [0.717, 1.165) is 0 Å². The SMILES string of the molecule is BC(=O)OCc1ccc(O[C@@H]2O[C@H](C(=O)O)[C@@H](O)[C@H](O)[C@H]2O)c(C=O)c1. The Balaban J connectivity index is 2.19. The molecule has 0 aliphatic carbocycles. The molecule has 0 aromatic heterocycles. The molecule has 1 fully saturated rings. The molecular weight excluding hydrogens is 351 g/mol. The predicted octanol–water partition coefficient (Wildman–Crippen LogP) is -1.96. The standard InChI is InChI=1S/C15H17BO10/c16-15(23)24-5-6-1-2-8(7(3-6)4-17)25-14-11(20)9(18)10(19)12(26-14)13(21)22/h1-4,9-12,14,18-20H,5,16H2,(H,21,22)/t9-,10-,11+,12-,14+/m0/s1. The van der Waals surface area contributed by atoms with Gasteiger partial charge in [0.15, 0.2) is 12.4 Å². The quantitative estimate of drug-likeness (QED) is 0.328. The van der Waals surface area contributed by atoms with E-state index in [2.05, 4.69) is 0 Å². The third-order valence-corrected chi connectivity index (χ3v) is 3.70. The van der Waals surface area contributed by atoms with Gasteiger partial charge in [-0.15, -0.1) is 0 Å². The van der Waals surface area contributed by atoms with Crippen molar-refractivity contribution in [2.75, 3.05) is 0 Å². The normalized spacial score (nSPS) is 28.2. The minimum Gasteiger partial charge on any atom is -0.479 e. The van der Waals surface area contributed by atoms with Crippen molar-refractivity contribution in [3.63, 3.8) is 0 Å². The number of carboxylic acids is 1. The Hall–Kier alpha value is -2.47. The molecule has 1 aliphatic heterocycles. The maximum Gasteiger partial charge on any atom is 0.335 e. The minimum absolute atomic E-state index is 0.0259. The summed E-state index contributed by atoms with van der Waals surface area (Å²) in [6, 6.07) is 4.20. The second-order valence-electron chi connectivity index (χ2n) is 5.62. The topological polar surface area (TPSA) is 160 Å². The van der Waals surface area contributed by atoms with Gasteiger partial charge >= 0.3 is 5.97 Å². The summed E-state index contributed by atoms with van der Waals surface area (Å²) < 4.78 is 15.1. The number of hydrogen-bond donors (Lipinski definition) is 4.